The molecule has 124 valence electrons. The standard InChI is InChI=1S/C21H28O2/c1-4-5-6-7-17-13-20(22)19(21(23)14-17)12-16(3)18-10-8-15(2)9-11-18/h8-11,13-14,16,22-23H,4-7,12H2,1-3H3. The molecule has 0 aromatic heterocycles. The molecule has 2 aromatic rings. The van der Waals surface area contributed by atoms with Gasteiger partial charge in [0.2, 0.25) is 0 Å². The molecule has 0 saturated carbocycles. The summed E-state index contributed by atoms with van der Waals surface area (Å²) in [4.78, 5) is 0. The molecule has 0 amide bonds. The van der Waals surface area contributed by atoms with Crippen molar-refractivity contribution in [1.29, 1.82) is 0 Å². The second-order valence-corrected chi connectivity index (χ2v) is 6.59. The van der Waals surface area contributed by atoms with Crippen LogP contribution < -0.4 is 0 Å². The minimum absolute atomic E-state index is 0.218. The monoisotopic (exact) mass is 312 g/mol. The number of phenols is 2. The van der Waals surface area contributed by atoms with Crippen LogP contribution in [0.1, 0.15) is 61.3 Å². The van der Waals surface area contributed by atoms with Crippen LogP contribution in [-0.2, 0) is 12.8 Å². The molecule has 2 rings (SSSR count). The van der Waals surface area contributed by atoms with Crippen molar-refractivity contribution in [2.24, 2.45) is 0 Å². The minimum atomic E-state index is 0.218. The van der Waals surface area contributed by atoms with Crippen molar-refractivity contribution >= 4 is 0 Å². The van der Waals surface area contributed by atoms with E-state index in [1.807, 2.05) is 12.1 Å². The lowest BCUT2D eigenvalue weighted by Crippen LogP contribution is -2.00. The highest BCUT2D eigenvalue weighted by Crippen LogP contribution is 2.34. The first-order valence-corrected chi connectivity index (χ1v) is 8.61. The van der Waals surface area contributed by atoms with E-state index in [2.05, 4.69) is 45.0 Å². The zero-order chi connectivity index (χ0) is 16.8. The number of unbranched alkanes of at least 4 members (excludes halogenated alkanes) is 2. The summed E-state index contributed by atoms with van der Waals surface area (Å²) in [5.41, 5.74) is 4.13. The number of phenolic OH excluding ortho intramolecular Hbond substituents is 2. The fraction of sp³-hybridized carbons (Fsp3) is 0.429. The Morgan fingerprint density at radius 1 is 0.957 bits per heavy atom. The van der Waals surface area contributed by atoms with E-state index >= 15 is 0 Å². The zero-order valence-electron chi connectivity index (χ0n) is 14.5. The van der Waals surface area contributed by atoms with E-state index in [1.54, 1.807) is 0 Å². The second kappa shape index (κ2) is 8.05. The molecule has 1 atom stereocenters. The Hall–Kier alpha value is -1.96. The molecular weight excluding hydrogens is 284 g/mol. The maximum atomic E-state index is 10.3. The Labute approximate surface area is 139 Å². The van der Waals surface area contributed by atoms with Crippen LogP contribution >= 0.6 is 0 Å². The number of rotatable bonds is 7. The van der Waals surface area contributed by atoms with Crippen LogP contribution in [-0.4, -0.2) is 10.2 Å². The number of hydrogen-bond acceptors (Lipinski definition) is 2. The predicted octanol–water partition coefficient (Wildman–Crippen LogP) is 5.49. The van der Waals surface area contributed by atoms with Crippen LogP contribution in [0.5, 0.6) is 11.5 Å². The highest BCUT2D eigenvalue weighted by molar-refractivity contribution is 5.47. The van der Waals surface area contributed by atoms with E-state index in [-0.39, 0.29) is 17.4 Å². The van der Waals surface area contributed by atoms with E-state index < -0.39 is 0 Å². The number of hydrogen-bond donors (Lipinski definition) is 2. The van der Waals surface area contributed by atoms with Crippen LogP contribution in [0.25, 0.3) is 0 Å². The van der Waals surface area contributed by atoms with E-state index in [0.717, 1.165) is 18.4 Å². The maximum absolute atomic E-state index is 10.3. The van der Waals surface area contributed by atoms with E-state index in [1.165, 1.54) is 24.0 Å². The molecule has 23 heavy (non-hydrogen) atoms. The van der Waals surface area contributed by atoms with Crippen molar-refractivity contribution in [2.75, 3.05) is 0 Å². The maximum Gasteiger partial charge on any atom is 0.122 e. The topological polar surface area (TPSA) is 40.5 Å². The molecule has 0 bridgehead atoms. The van der Waals surface area contributed by atoms with E-state index in [4.69, 9.17) is 0 Å². The summed E-state index contributed by atoms with van der Waals surface area (Å²) in [6.45, 7) is 6.37. The number of aromatic hydroxyl groups is 2. The van der Waals surface area contributed by atoms with Crippen molar-refractivity contribution in [1.82, 2.24) is 0 Å². The Balaban J connectivity index is 2.11. The molecule has 0 saturated heterocycles. The van der Waals surface area contributed by atoms with Gasteiger partial charge in [-0.15, -0.1) is 0 Å². The summed E-state index contributed by atoms with van der Waals surface area (Å²) >= 11 is 0. The minimum Gasteiger partial charge on any atom is -0.508 e. The molecule has 2 N–H and O–H groups in total. The van der Waals surface area contributed by atoms with E-state index in [0.29, 0.717) is 12.0 Å². The van der Waals surface area contributed by atoms with Crippen molar-refractivity contribution in [3.05, 3.63) is 58.7 Å². The van der Waals surface area contributed by atoms with Crippen LogP contribution in [0.3, 0.4) is 0 Å². The van der Waals surface area contributed by atoms with Gasteiger partial charge in [-0.1, -0.05) is 56.5 Å². The molecule has 0 aliphatic carbocycles. The molecular formula is C21H28O2. The molecule has 1 unspecified atom stereocenters. The third-order valence-electron chi connectivity index (χ3n) is 4.49. The SMILES string of the molecule is CCCCCc1cc(O)c(CC(C)c2ccc(C)cc2)c(O)c1. The highest BCUT2D eigenvalue weighted by atomic mass is 16.3. The average molecular weight is 312 g/mol. The van der Waals surface area contributed by atoms with Gasteiger partial charge in [0.1, 0.15) is 11.5 Å². The molecule has 2 heteroatoms. The van der Waals surface area contributed by atoms with Gasteiger partial charge < -0.3 is 10.2 Å². The van der Waals surface area contributed by atoms with Gasteiger partial charge in [-0.3, -0.25) is 0 Å². The van der Waals surface area contributed by atoms with Crippen LogP contribution in [0.2, 0.25) is 0 Å². The molecule has 2 aromatic carbocycles. The van der Waals surface area contributed by atoms with Gasteiger partial charge in [-0.05, 0) is 55.4 Å². The fourth-order valence-electron chi connectivity index (χ4n) is 2.95. The molecule has 0 heterocycles. The summed E-state index contributed by atoms with van der Waals surface area (Å²) in [7, 11) is 0. The summed E-state index contributed by atoms with van der Waals surface area (Å²) in [5.74, 6) is 0.685. The molecule has 0 spiro atoms. The van der Waals surface area contributed by atoms with Gasteiger partial charge in [0.25, 0.3) is 0 Å². The lowest BCUT2D eigenvalue weighted by atomic mass is 9.91. The third-order valence-corrected chi connectivity index (χ3v) is 4.49. The molecule has 0 fully saturated rings. The van der Waals surface area contributed by atoms with Gasteiger partial charge in [0.15, 0.2) is 0 Å². The van der Waals surface area contributed by atoms with Crippen molar-refractivity contribution < 1.29 is 10.2 Å². The van der Waals surface area contributed by atoms with E-state index in [9.17, 15) is 10.2 Å². The largest absolute Gasteiger partial charge is 0.508 e. The quantitative estimate of drug-likeness (QED) is 0.664. The average Bonchev–Trinajstić information content (AvgIpc) is 2.51. The zero-order valence-corrected chi connectivity index (χ0v) is 14.5. The third kappa shape index (κ3) is 4.75. The van der Waals surface area contributed by atoms with Crippen molar-refractivity contribution in [3.63, 3.8) is 0 Å². The van der Waals surface area contributed by atoms with Gasteiger partial charge >= 0.3 is 0 Å². The van der Waals surface area contributed by atoms with Gasteiger partial charge in [0, 0.05) is 5.56 Å². The summed E-state index contributed by atoms with van der Waals surface area (Å²) in [6.07, 6.45) is 4.98. The molecule has 0 aliphatic heterocycles. The summed E-state index contributed by atoms with van der Waals surface area (Å²) in [6, 6.07) is 12.1. The van der Waals surface area contributed by atoms with Crippen molar-refractivity contribution in [2.45, 2.75) is 58.8 Å². The number of benzene rings is 2. The first-order chi connectivity index (χ1) is 11.0. The van der Waals surface area contributed by atoms with Gasteiger partial charge in [-0.2, -0.15) is 0 Å². The molecule has 0 aliphatic rings. The lowest BCUT2D eigenvalue weighted by Gasteiger charge is -2.16. The van der Waals surface area contributed by atoms with Crippen LogP contribution in [0.15, 0.2) is 36.4 Å². The molecule has 2 nitrogen and oxygen atoms in total. The first kappa shape index (κ1) is 17.4. The highest BCUT2D eigenvalue weighted by Gasteiger charge is 2.14. The fourth-order valence-corrected chi connectivity index (χ4v) is 2.95. The normalized spacial score (nSPS) is 12.3. The Kier molecular flexibility index (Phi) is 6.09. The van der Waals surface area contributed by atoms with Crippen LogP contribution in [0, 0.1) is 6.92 Å². The first-order valence-electron chi connectivity index (χ1n) is 8.61. The van der Waals surface area contributed by atoms with Crippen LogP contribution in [0.4, 0.5) is 0 Å². The Morgan fingerprint density at radius 2 is 1.57 bits per heavy atom. The smallest absolute Gasteiger partial charge is 0.122 e. The summed E-state index contributed by atoms with van der Waals surface area (Å²) < 4.78 is 0. The van der Waals surface area contributed by atoms with Gasteiger partial charge in [0.05, 0.1) is 0 Å². The Morgan fingerprint density at radius 3 is 2.13 bits per heavy atom. The van der Waals surface area contributed by atoms with Gasteiger partial charge in [-0.25, -0.2) is 0 Å². The summed E-state index contributed by atoms with van der Waals surface area (Å²) in [5, 5.41) is 20.6. The van der Waals surface area contributed by atoms with Crippen molar-refractivity contribution in [3.8, 4) is 11.5 Å². The molecule has 0 radical (unpaired) electrons. The Bertz CT molecular complexity index is 606. The second-order valence-electron chi connectivity index (χ2n) is 6.59. The lowest BCUT2D eigenvalue weighted by molar-refractivity contribution is 0.433. The number of aryl methyl sites for hydroxylation is 2. The predicted molar refractivity (Wildman–Crippen MR) is 96.3 cm³/mol.